The number of halogens is 1. The van der Waals surface area contributed by atoms with E-state index >= 15 is 0 Å². The predicted molar refractivity (Wildman–Crippen MR) is 73.7 cm³/mol. The normalized spacial score (nSPS) is 21.6. The SMILES string of the molecule is CCC(O)(c1cccc(Br)c1)C1(CN)CCC1. The van der Waals surface area contributed by atoms with Crippen molar-refractivity contribution in [2.45, 2.75) is 38.2 Å². The minimum atomic E-state index is -0.788. The van der Waals surface area contributed by atoms with Crippen molar-refractivity contribution >= 4 is 15.9 Å². The van der Waals surface area contributed by atoms with E-state index in [1.54, 1.807) is 0 Å². The highest BCUT2D eigenvalue weighted by atomic mass is 79.9. The van der Waals surface area contributed by atoms with Gasteiger partial charge in [0, 0.05) is 16.4 Å². The van der Waals surface area contributed by atoms with Gasteiger partial charge in [-0.3, -0.25) is 0 Å². The molecule has 0 saturated heterocycles. The Morgan fingerprint density at radius 1 is 1.47 bits per heavy atom. The van der Waals surface area contributed by atoms with E-state index < -0.39 is 5.60 Å². The van der Waals surface area contributed by atoms with Crippen LogP contribution in [0.3, 0.4) is 0 Å². The fraction of sp³-hybridized carbons (Fsp3) is 0.571. The van der Waals surface area contributed by atoms with Crippen LogP contribution in [0.1, 0.15) is 38.2 Å². The molecule has 17 heavy (non-hydrogen) atoms. The van der Waals surface area contributed by atoms with E-state index in [9.17, 15) is 5.11 Å². The Hall–Kier alpha value is -0.380. The van der Waals surface area contributed by atoms with Crippen LogP contribution in [0.2, 0.25) is 0 Å². The molecule has 1 aromatic rings. The van der Waals surface area contributed by atoms with Gasteiger partial charge in [0.1, 0.15) is 0 Å². The average molecular weight is 298 g/mol. The van der Waals surface area contributed by atoms with Gasteiger partial charge in [-0.15, -0.1) is 0 Å². The molecule has 2 rings (SSSR count). The second-order valence-electron chi connectivity index (χ2n) is 5.06. The first kappa shape index (κ1) is 13.1. The molecule has 2 nitrogen and oxygen atoms in total. The number of hydrogen-bond donors (Lipinski definition) is 2. The van der Waals surface area contributed by atoms with Crippen LogP contribution < -0.4 is 5.73 Å². The molecular weight excluding hydrogens is 278 g/mol. The first-order valence-electron chi connectivity index (χ1n) is 6.26. The summed E-state index contributed by atoms with van der Waals surface area (Å²) >= 11 is 3.47. The van der Waals surface area contributed by atoms with E-state index in [4.69, 9.17) is 5.73 Å². The van der Waals surface area contributed by atoms with Crippen LogP contribution in [0.25, 0.3) is 0 Å². The van der Waals surface area contributed by atoms with Gasteiger partial charge in [-0.2, -0.15) is 0 Å². The average Bonchev–Trinajstić information content (AvgIpc) is 2.28. The van der Waals surface area contributed by atoms with Gasteiger partial charge < -0.3 is 10.8 Å². The highest BCUT2D eigenvalue weighted by Gasteiger charge is 2.52. The number of benzene rings is 1. The molecule has 1 aliphatic carbocycles. The van der Waals surface area contributed by atoms with Gasteiger partial charge in [0.05, 0.1) is 5.60 Å². The molecule has 1 unspecified atom stereocenters. The summed E-state index contributed by atoms with van der Waals surface area (Å²) in [6.07, 6.45) is 3.94. The van der Waals surface area contributed by atoms with Crippen molar-refractivity contribution in [3.8, 4) is 0 Å². The maximum Gasteiger partial charge on any atom is 0.0962 e. The summed E-state index contributed by atoms with van der Waals surface area (Å²) in [6.45, 7) is 2.60. The third-order valence-electron chi connectivity index (χ3n) is 4.39. The Morgan fingerprint density at radius 2 is 2.18 bits per heavy atom. The molecule has 94 valence electrons. The van der Waals surface area contributed by atoms with Gasteiger partial charge in [0.25, 0.3) is 0 Å². The van der Waals surface area contributed by atoms with Crippen LogP contribution in [-0.2, 0) is 5.60 Å². The van der Waals surface area contributed by atoms with E-state index in [2.05, 4.69) is 15.9 Å². The van der Waals surface area contributed by atoms with Crippen LogP contribution in [0.15, 0.2) is 28.7 Å². The standard InChI is InChI=1S/C14H20BrNO/c1-2-14(17,13(10-16)7-4-8-13)11-5-3-6-12(15)9-11/h3,5-6,9,17H,2,4,7-8,10,16H2,1H3. The van der Waals surface area contributed by atoms with Crippen molar-refractivity contribution in [1.82, 2.24) is 0 Å². The topological polar surface area (TPSA) is 46.2 Å². The highest BCUT2D eigenvalue weighted by molar-refractivity contribution is 9.10. The summed E-state index contributed by atoms with van der Waals surface area (Å²) in [5, 5.41) is 11.1. The van der Waals surface area contributed by atoms with E-state index in [1.165, 1.54) is 6.42 Å². The Kier molecular flexibility index (Phi) is 3.62. The first-order chi connectivity index (χ1) is 8.08. The number of rotatable bonds is 4. The molecular formula is C14H20BrNO. The molecule has 0 aliphatic heterocycles. The highest BCUT2D eigenvalue weighted by Crippen LogP contribution is 2.54. The third kappa shape index (κ3) is 1.94. The molecule has 0 bridgehead atoms. The fourth-order valence-electron chi connectivity index (χ4n) is 3.02. The fourth-order valence-corrected chi connectivity index (χ4v) is 3.42. The van der Waals surface area contributed by atoms with Crippen molar-refractivity contribution in [3.05, 3.63) is 34.3 Å². The van der Waals surface area contributed by atoms with Crippen molar-refractivity contribution in [2.75, 3.05) is 6.54 Å². The molecule has 1 saturated carbocycles. The molecule has 0 radical (unpaired) electrons. The Labute approximate surface area is 111 Å². The Bertz CT molecular complexity index is 397. The minimum Gasteiger partial charge on any atom is -0.385 e. The molecule has 0 heterocycles. The maximum atomic E-state index is 11.1. The maximum absolute atomic E-state index is 11.1. The van der Waals surface area contributed by atoms with Crippen molar-refractivity contribution < 1.29 is 5.11 Å². The lowest BCUT2D eigenvalue weighted by Gasteiger charge is -2.53. The second-order valence-corrected chi connectivity index (χ2v) is 5.98. The summed E-state index contributed by atoms with van der Waals surface area (Å²) in [5.41, 5.74) is 6.01. The molecule has 0 amide bonds. The van der Waals surface area contributed by atoms with Crippen LogP contribution in [-0.4, -0.2) is 11.7 Å². The molecule has 1 atom stereocenters. The Morgan fingerprint density at radius 3 is 2.59 bits per heavy atom. The summed E-state index contributed by atoms with van der Waals surface area (Å²) in [4.78, 5) is 0. The van der Waals surface area contributed by atoms with Gasteiger partial charge in [0.2, 0.25) is 0 Å². The van der Waals surface area contributed by atoms with Crippen LogP contribution in [0, 0.1) is 5.41 Å². The molecule has 1 aromatic carbocycles. The minimum absolute atomic E-state index is 0.122. The number of aliphatic hydroxyl groups is 1. The smallest absolute Gasteiger partial charge is 0.0962 e. The van der Waals surface area contributed by atoms with Crippen molar-refractivity contribution in [1.29, 1.82) is 0 Å². The van der Waals surface area contributed by atoms with E-state index in [0.29, 0.717) is 13.0 Å². The zero-order valence-corrected chi connectivity index (χ0v) is 11.8. The van der Waals surface area contributed by atoms with Gasteiger partial charge >= 0.3 is 0 Å². The molecule has 1 aliphatic rings. The molecule has 1 fully saturated rings. The van der Waals surface area contributed by atoms with Gasteiger partial charge in [0.15, 0.2) is 0 Å². The first-order valence-corrected chi connectivity index (χ1v) is 7.06. The lowest BCUT2D eigenvalue weighted by Crippen LogP contribution is -2.54. The number of nitrogens with two attached hydrogens (primary N) is 1. The molecule has 3 N–H and O–H groups in total. The van der Waals surface area contributed by atoms with Crippen LogP contribution in [0.5, 0.6) is 0 Å². The van der Waals surface area contributed by atoms with Gasteiger partial charge in [-0.25, -0.2) is 0 Å². The second kappa shape index (κ2) is 4.71. The quantitative estimate of drug-likeness (QED) is 0.897. The Balaban J connectivity index is 2.43. The molecule has 0 spiro atoms. The van der Waals surface area contributed by atoms with E-state index in [1.807, 2.05) is 31.2 Å². The summed E-state index contributed by atoms with van der Waals surface area (Å²) in [7, 11) is 0. The van der Waals surface area contributed by atoms with Crippen LogP contribution >= 0.6 is 15.9 Å². The van der Waals surface area contributed by atoms with Crippen molar-refractivity contribution in [3.63, 3.8) is 0 Å². The lowest BCUT2D eigenvalue weighted by molar-refractivity contribution is -0.132. The van der Waals surface area contributed by atoms with Gasteiger partial charge in [-0.05, 0) is 37.0 Å². The third-order valence-corrected chi connectivity index (χ3v) is 4.89. The number of hydrogen-bond acceptors (Lipinski definition) is 2. The molecule has 0 aromatic heterocycles. The zero-order chi connectivity index (χ0) is 12.5. The lowest BCUT2D eigenvalue weighted by atomic mass is 9.56. The summed E-state index contributed by atoms with van der Waals surface area (Å²) < 4.78 is 1.01. The predicted octanol–water partition coefficient (Wildman–Crippen LogP) is 3.18. The molecule has 3 heteroatoms. The van der Waals surface area contributed by atoms with E-state index in [-0.39, 0.29) is 5.41 Å². The van der Waals surface area contributed by atoms with Gasteiger partial charge in [-0.1, -0.05) is 41.4 Å². The zero-order valence-electron chi connectivity index (χ0n) is 10.2. The largest absolute Gasteiger partial charge is 0.385 e. The summed E-state index contributed by atoms with van der Waals surface area (Å²) in [6, 6.07) is 7.97. The van der Waals surface area contributed by atoms with Crippen molar-refractivity contribution in [2.24, 2.45) is 11.1 Å². The van der Waals surface area contributed by atoms with Crippen LogP contribution in [0.4, 0.5) is 0 Å². The summed E-state index contributed by atoms with van der Waals surface area (Å²) in [5.74, 6) is 0. The monoisotopic (exact) mass is 297 g/mol. The van der Waals surface area contributed by atoms with E-state index in [0.717, 1.165) is 22.9 Å².